The van der Waals surface area contributed by atoms with Crippen LogP contribution in [-0.4, -0.2) is 11.9 Å². The normalized spacial score (nSPS) is 12.2. The minimum absolute atomic E-state index is 0.0948. The van der Waals surface area contributed by atoms with Gasteiger partial charge in [-0.15, -0.1) is 0 Å². The summed E-state index contributed by atoms with van der Waals surface area (Å²) in [7, 11) is 0. The first-order chi connectivity index (χ1) is 7.13. The van der Waals surface area contributed by atoms with Crippen LogP contribution in [0.2, 0.25) is 0 Å². The summed E-state index contributed by atoms with van der Waals surface area (Å²) >= 11 is 0. The summed E-state index contributed by atoms with van der Waals surface area (Å²) in [6.07, 6.45) is 1.44. The predicted molar refractivity (Wildman–Crippen MR) is 61.2 cm³/mol. The third kappa shape index (κ3) is 3.74. The van der Waals surface area contributed by atoms with Crippen LogP contribution in [0.1, 0.15) is 32.3 Å². The van der Waals surface area contributed by atoms with Gasteiger partial charge in [-0.05, 0) is 32.4 Å². The molecule has 0 N–H and O–H groups in total. The fourth-order valence-electron chi connectivity index (χ4n) is 1.39. The zero-order chi connectivity index (χ0) is 11.3. The molecular weight excluding hydrogens is 188 g/mol. The summed E-state index contributed by atoms with van der Waals surface area (Å²) in [6, 6.07) is 7.78. The molecule has 0 aliphatic carbocycles. The number of carbonyl (C=O) groups is 1. The maximum atomic E-state index is 11.3. The van der Waals surface area contributed by atoms with Crippen molar-refractivity contribution in [2.45, 2.75) is 39.7 Å². The number of ether oxygens (including phenoxy) is 1. The topological polar surface area (TPSA) is 26.3 Å². The molecule has 1 unspecified atom stereocenters. The molecule has 0 saturated carbocycles. The molecule has 1 aromatic rings. The molecule has 0 saturated heterocycles. The quantitative estimate of drug-likeness (QED) is 0.739. The smallest absolute Gasteiger partial charge is 0.170 e. The van der Waals surface area contributed by atoms with Crippen LogP contribution in [0.5, 0.6) is 5.75 Å². The molecule has 1 atom stereocenters. The molecule has 1 aromatic carbocycles. The first-order valence-electron chi connectivity index (χ1n) is 5.37. The maximum Gasteiger partial charge on any atom is 0.170 e. The van der Waals surface area contributed by atoms with E-state index in [0.29, 0.717) is 0 Å². The van der Waals surface area contributed by atoms with Crippen molar-refractivity contribution in [2.75, 3.05) is 0 Å². The average molecular weight is 206 g/mol. The summed E-state index contributed by atoms with van der Waals surface area (Å²) in [6.45, 7) is 5.65. The zero-order valence-corrected chi connectivity index (χ0v) is 9.62. The van der Waals surface area contributed by atoms with Crippen molar-refractivity contribution in [2.24, 2.45) is 0 Å². The van der Waals surface area contributed by atoms with E-state index in [2.05, 4.69) is 6.92 Å². The maximum absolute atomic E-state index is 11.3. The van der Waals surface area contributed by atoms with Gasteiger partial charge in [0, 0.05) is 0 Å². The Kier molecular flexibility index (Phi) is 4.35. The molecule has 82 valence electrons. The number of rotatable bonds is 5. The van der Waals surface area contributed by atoms with E-state index in [-0.39, 0.29) is 11.9 Å². The van der Waals surface area contributed by atoms with E-state index in [1.807, 2.05) is 31.2 Å². The first kappa shape index (κ1) is 11.8. The Morgan fingerprint density at radius 3 is 2.40 bits per heavy atom. The second-order valence-corrected chi connectivity index (χ2v) is 3.82. The molecule has 1 rings (SSSR count). The van der Waals surface area contributed by atoms with E-state index in [0.717, 1.165) is 18.6 Å². The van der Waals surface area contributed by atoms with Crippen LogP contribution in [0, 0.1) is 6.92 Å². The van der Waals surface area contributed by atoms with Gasteiger partial charge in [0.15, 0.2) is 11.9 Å². The average Bonchev–Trinajstić information content (AvgIpc) is 2.20. The van der Waals surface area contributed by atoms with Gasteiger partial charge in [0.2, 0.25) is 0 Å². The van der Waals surface area contributed by atoms with Gasteiger partial charge in [-0.2, -0.15) is 0 Å². The van der Waals surface area contributed by atoms with Gasteiger partial charge in [0.05, 0.1) is 0 Å². The number of aryl methyl sites for hydroxylation is 1. The fourth-order valence-corrected chi connectivity index (χ4v) is 1.39. The number of carbonyl (C=O) groups excluding carboxylic acids is 1. The molecule has 0 radical (unpaired) electrons. The van der Waals surface area contributed by atoms with Crippen molar-refractivity contribution in [3.05, 3.63) is 29.8 Å². The number of hydrogen-bond donors (Lipinski definition) is 0. The molecular formula is C13H18O2. The molecule has 0 heterocycles. The number of ketones is 1. The highest BCUT2D eigenvalue weighted by atomic mass is 16.5. The lowest BCUT2D eigenvalue weighted by Gasteiger charge is -2.15. The summed E-state index contributed by atoms with van der Waals surface area (Å²) < 4.78 is 5.62. The Bertz CT molecular complexity index is 314. The van der Waals surface area contributed by atoms with E-state index in [1.165, 1.54) is 5.56 Å². The van der Waals surface area contributed by atoms with Gasteiger partial charge in [-0.25, -0.2) is 0 Å². The van der Waals surface area contributed by atoms with Gasteiger partial charge < -0.3 is 4.74 Å². The number of hydrogen-bond acceptors (Lipinski definition) is 2. The molecule has 0 amide bonds. The zero-order valence-electron chi connectivity index (χ0n) is 9.62. The third-order valence-corrected chi connectivity index (χ3v) is 2.30. The number of benzene rings is 1. The first-order valence-corrected chi connectivity index (χ1v) is 5.37. The number of Topliss-reactive ketones (excluding diaryl/α,β-unsaturated/α-hetero) is 1. The molecule has 0 aliphatic heterocycles. The van der Waals surface area contributed by atoms with E-state index < -0.39 is 0 Å². The Morgan fingerprint density at radius 2 is 1.93 bits per heavy atom. The van der Waals surface area contributed by atoms with E-state index in [1.54, 1.807) is 6.92 Å². The van der Waals surface area contributed by atoms with E-state index in [9.17, 15) is 4.79 Å². The third-order valence-electron chi connectivity index (χ3n) is 2.30. The standard InChI is InChI=1S/C13H18O2/c1-4-5-13(11(3)14)15-12-8-6-10(2)7-9-12/h6-9,13H,4-5H2,1-3H3. The Balaban J connectivity index is 2.65. The highest BCUT2D eigenvalue weighted by Crippen LogP contribution is 2.15. The van der Waals surface area contributed by atoms with Crippen molar-refractivity contribution in [3.63, 3.8) is 0 Å². The van der Waals surface area contributed by atoms with Crippen LogP contribution in [0.3, 0.4) is 0 Å². The summed E-state index contributed by atoms with van der Waals surface area (Å²) in [5, 5.41) is 0. The van der Waals surface area contributed by atoms with Gasteiger partial charge >= 0.3 is 0 Å². The van der Waals surface area contributed by atoms with Crippen LogP contribution < -0.4 is 4.74 Å². The summed E-state index contributed by atoms with van der Waals surface area (Å²) in [4.78, 5) is 11.3. The van der Waals surface area contributed by atoms with Crippen molar-refractivity contribution >= 4 is 5.78 Å². The van der Waals surface area contributed by atoms with E-state index >= 15 is 0 Å². The van der Waals surface area contributed by atoms with Gasteiger partial charge in [-0.1, -0.05) is 31.0 Å². The van der Waals surface area contributed by atoms with Crippen molar-refractivity contribution < 1.29 is 9.53 Å². The Labute approximate surface area is 91.3 Å². The fraction of sp³-hybridized carbons (Fsp3) is 0.462. The molecule has 0 aliphatic rings. The molecule has 0 fully saturated rings. The summed E-state index contributed by atoms with van der Waals surface area (Å²) in [5.74, 6) is 0.867. The van der Waals surface area contributed by atoms with Crippen LogP contribution >= 0.6 is 0 Å². The SMILES string of the molecule is CCCC(Oc1ccc(C)cc1)C(C)=O. The lowest BCUT2D eigenvalue weighted by molar-refractivity contribution is -0.123. The largest absolute Gasteiger partial charge is 0.483 e. The molecule has 0 bridgehead atoms. The Hall–Kier alpha value is -1.31. The van der Waals surface area contributed by atoms with Crippen LogP contribution in [0.15, 0.2) is 24.3 Å². The van der Waals surface area contributed by atoms with Gasteiger partial charge in [0.25, 0.3) is 0 Å². The lowest BCUT2D eigenvalue weighted by Crippen LogP contribution is -2.24. The minimum Gasteiger partial charge on any atom is -0.483 e. The van der Waals surface area contributed by atoms with Crippen LogP contribution in [0.25, 0.3) is 0 Å². The molecule has 2 heteroatoms. The minimum atomic E-state index is -0.294. The second-order valence-electron chi connectivity index (χ2n) is 3.82. The van der Waals surface area contributed by atoms with Crippen molar-refractivity contribution in [3.8, 4) is 5.75 Å². The predicted octanol–water partition coefficient (Wildman–Crippen LogP) is 3.13. The molecule has 15 heavy (non-hydrogen) atoms. The second kappa shape index (κ2) is 5.54. The molecule has 2 nitrogen and oxygen atoms in total. The van der Waals surface area contributed by atoms with Crippen LogP contribution in [-0.2, 0) is 4.79 Å². The highest BCUT2D eigenvalue weighted by Gasteiger charge is 2.14. The molecule has 0 aromatic heterocycles. The molecule has 0 spiro atoms. The van der Waals surface area contributed by atoms with Crippen molar-refractivity contribution in [1.29, 1.82) is 0 Å². The van der Waals surface area contributed by atoms with Gasteiger partial charge in [0.1, 0.15) is 5.75 Å². The van der Waals surface area contributed by atoms with E-state index in [4.69, 9.17) is 4.74 Å². The lowest BCUT2D eigenvalue weighted by atomic mass is 10.1. The van der Waals surface area contributed by atoms with Gasteiger partial charge in [-0.3, -0.25) is 4.79 Å². The monoisotopic (exact) mass is 206 g/mol. The highest BCUT2D eigenvalue weighted by molar-refractivity contribution is 5.80. The van der Waals surface area contributed by atoms with Crippen molar-refractivity contribution in [1.82, 2.24) is 0 Å². The van der Waals surface area contributed by atoms with Crippen LogP contribution in [0.4, 0.5) is 0 Å². The summed E-state index contributed by atoms with van der Waals surface area (Å²) in [5.41, 5.74) is 1.19. The Morgan fingerprint density at radius 1 is 1.33 bits per heavy atom.